The minimum atomic E-state index is 0. The van der Waals surface area contributed by atoms with E-state index >= 15 is 0 Å². The Kier molecular flexibility index (Phi) is 22.7. The average molecular weight is 579 g/mol. The molecule has 0 aromatic carbocycles. The molecule has 1 heterocycles. The molecule has 1 amide bonds. The van der Waals surface area contributed by atoms with Crippen molar-refractivity contribution in [3.8, 4) is 0 Å². The molecule has 0 aliphatic carbocycles. The highest BCUT2D eigenvalue weighted by Gasteiger charge is 2.28. The van der Waals surface area contributed by atoms with Crippen molar-refractivity contribution in [3.63, 3.8) is 0 Å². The Labute approximate surface area is 225 Å². The molecule has 1 rings (SSSR count). The fourth-order valence-electron chi connectivity index (χ4n) is 5.03. The summed E-state index contributed by atoms with van der Waals surface area (Å²) in [5.41, 5.74) is 0. The van der Waals surface area contributed by atoms with E-state index in [2.05, 4.69) is 25.8 Å². The normalized spacial score (nSPS) is 15.4. The van der Waals surface area contributed by atoms with Crippen molar-refractivity contribution in [1.29, 1.82) is 0 Å². The van der Waals surface area contributed by atoms with Crippen LogP contribution in [0.2, 0.25) is 0 Å². The second-order valence-corrected chi connectivity index (χ2v) is 10.9. The smallest absolute Gasteiger partial charge is 0.222 e. The van der Waals surface area contributed by atoms with Crippen LogP contribution in [-0.4, -0.2) is 55.1 Å². The minimum absolute atomic E-state index is 0. The lowest BCUT2D eigenvalue weighted by Crippen LogP contribution is -3.00. The summed E-state index contributed by atoms with van der Waals surface area (Å²) in [5, 5.41) is 0. The van der Waals surface area contributed by atoms with Crippen LogP contribution in [0.1, 0.15) is 142 Å². The third-order valence-electron chi connectivity index (χ3n) is 7.93. The van der Waals surface area contributed by atoms with Crippen molar-refractivity contribution >= 4 is 5.91 Å². The summed E-state index contributed by atoms with van der Waals surface area (Å²) in [5.74, 6) is 0.402. The van der Waals surface area contributed by atoms with E-state index in [1.54, 1.807) is 0 Å². The van der Waals surface area contributed by atoms with Gasteiger partial charge in [-0.3, -0.25) is 4.79 Å². The molecule has 1 aliphatic rings. The Morgan fingerprint density at radius 1 is 0.606 bits per heavy atom. The second-order valence-electron chi connectivity index (χ2n) is 10.9. The summed E-state index contributed by atoms with van der Waals surface area (Å²) >= 11 is 0. The third kappa shape index (κ3) is 18.1. The van der Waals surface area contributed by atoms with Crippen LogP contribution in [0, 0.1) is 0 Å². The number of nitrogens with zero attached hydrogens (tertiary/aromatic N) is 2. The first-order valence-electron chi connectivity index (χ1n) is 14.7. The topological polar surface area (TPSA) is 20.3 Å². The van der Waals surface area contributed by atoms with Crippen LogP contribution in [0.3, 0.4) is 0 Å². The summed E-state index contributed by atoms with van der Waals surface area (Å²) in [6.07, 6.45) is 27.4. The van der Waals surface area contributed by atoms with Gasteiger partial charge < -0.3 is 33.4 Å². The van der Waals surface area contributed by atoms with Crippen LogP contribution in [-0.2, 0) is 4.79 Å². The zero-order chi connectivity index (χ0) is 23.3. The summed E-state index contributed by atoms with van der Waals surface area (Å²) in [6, 6.07) is 0. The van der Waals surface area contributed by atoms with E-state index in [9.17, 15) is 4.79 Å². The Bertz CT molecular complexity index is 435. The number of carbonyl (C=O) groups is 1. The van der Waals surface area contributed by atoms with E-state index in [4.69, 9.17) is 0 Å². The molecule has 4 heteroatoms. The van der Waals surface area contributed by atoms with E-state index in [1.807, 2.05) is 0 Å². The number of unbranched alkanes of at least 4 members (excludes halogenated alkanes) is 18. The number of likely N-dealkylation sites (N-methyl/N-ethyl adjacent to an activating group) is 1. The fraction of sp³-hybridized carbons (Fsp3) is 0.966. The van der Waals surface area contributed by atoms with Gasteiger partial charge in [-0.05, 0) is 13.3 Å². The van der Waals surface area contributed by atoms with Crippen molar-refractivity contribution < 1.29 is 33.3 Å². The van der Waals surface area contributed by atoms with E-state index in [1.165, 1.54) is 122 Å². The van der Waals surface area contributed by atoms with Crippen LogP contribution >= 0.6 is 0 Å². The SMILES string of the molecule is CCCCCCCCCCCCCCCCCCCCCC(=O)N1CC[N+](C)(CC)CC1.[I-]. The first-order valence-corrected chi connectivity index (χ1v) is 14.7. The van der Waals surface area contributed by atoms with Gasteiger partial charge in [0.25, 0.3) is 0 Å². The first kappa shape index (κ1) is 33.2. The lowest BCUT2D eigenvalue weighted by atomic mass is 10.0. The molecular formula is C29H59IN2O. The van der Waals surface area contributed by atoms with Gasteiger partial charge in [-0.15, -0.1) is 0 Å². The highest BCUT2D eigenvalue weighted by Crippen LogP contribution is 2.16. The Morgan fingerprint density at radius 2 is 0.939 bits per heavy atom. The number of hydrogen-bond acceptors (Lipinski definition) is 1. The summed E-state index contributed by atoms with van der Waals surface area (Å²) in [4.78, 5) is 14.5. The molecule has 198 valence electrons. The molecule has 0 saturated carbocycles. The van der Waals surface area contributed by atoms with E-state index in [0.29, 0.717) is 5.91 Å². The van der Waals surface area contributed by atoms with Crippen LogP contribution in [0.25, 0.3) is 0 Å². The van der Waals surface area contributed by atoms with Gasteiger partial charge in [-0.25, -0.2) is 0 Å². The number of hydrogen-bond donors (Lipinski definition) is 0. The van der Waals surface area contributed by atoms with Gasteiger partial charge in [0.2, 0.25) is 5.91 Å². The average Bonchev–Trinajstić information content (AvgIpc) is 2.81. The molecule has 1 fully saturated rings. The fourth-order valence-corrected chi connectivity index (χ4v) is 5.03. The van der Waals surface area contributed by atoms with Crippen molar-refractivity contribution in [1.82, 2.24) is 4.90 Å². The molecule has 1 aliphatic heterocycles. The molecule has 1 saturated heterocycles. The highest BCUT2D eigenvalue weighted by molar-refractivity contribution is 5.76. The van der Waals surface area contributed by atoms with Crippen molar-refractivity contribution in [2.45, 2.75) is 142 Å². The molecule has 0 aromatic rings. The number of rotatable bonds is 21. The maximum absolute atomic E-state index is 12.4. The summed E-state index contributed by atoms with van der Waals surface area (Å²) in [6.45, 7) is 9.91. The maximum atomic E-state index is 12.4. The van der Waals surface area contributed by atoms with Gasteiger partial charge in [0.05, 0.1) is 39.8 Å². The zero-order valence-corrected chi connectivity index (χ0v) is 25.0. The number of quaternary nitrogens is 1. The second kappa shape index (κ2) is 22.6. The summed E-state index contributed by atoms with van der Waals surface area (Å²) < 4.78 is 1.13. The predicted molar refractivity (Wildman–Crippen MR) is 141 cm³/mol. The molecule has 0 aromatic heterocycles. The van der Waals surface area contributed by atoms with Crippen LogP contribution in [0.15, 0.2) is 0 Å². The molecule has 0 atom stereocenters. The molecule has 0 N–H and O–H groups in total. The first-order chi connectivity index (χ1) is 15.6. The maximum Gasteiger partial charge on any atom is 0.222 e. The molecular weight excluding hydrogens is 519 g/mol. The molecule has 0 radical (unpaired) electrons. The van der Waals surface area contributed by atoms with Gasteiger partial charge in [0, 0.05) is 6.42 Å². The van der Waals surface area contributed by atoms with Crippen molar-refractivity contribution in [3.05, 3.63) is 0 Å². The van der Waals surface area contributed by atoms with Crippen LogP contribution in [0.4, 0.5) is 0 Å². The molecule has 3 nitrogen and oxygen atoms in total. The van der Waals surface area contributed by atoms with Gasteiger partial charge in [0.15, 0.2) is 0 Å². The molecule has 33 heavy (non-hydrogen) atoms. The molecule has 0 bridgehead atoms. The third-order valence-corrected chi connectivity index (χ3v) is 7.93. The van der Waals surface area contributed by atoms with Crippen molar-refractivity contribution in [2.24, 2.45) is 0 Å². The van der Waals surface area contributed by atoms with Gasteiger partial charge in [0.1, 0.15) is 0 Å². The Morgan fingerprint density at radius 3 is 1.27 bits per heavy atom. The quantitative estimate of drug-likeness (QED) is 0.105. The van der Waals surface area contributed by atoms with Gasteiger partial charge >= 0.3 is 0 Å². The predicted octanol–water partition coefficient (Wildman–Crippen LogP) is 5.12. The lowest BCUT2D eigenvalue weighted by Gasteiger charge is -2.41. The van der Waals surface area contributed by atoms with Gasteiger partial charge in [-0.1, -0.05) is 122 Å². The number of amides is 1. The van der Waals surface area contributed by atoms with Crippen molar-refractivity contribution in [2.75, 3.05) is 39.8 Å². The highest BCUT2D eigenvalue weighted by atomic mass is 127. The standard InChI is InChI=1S/C29H59N2O.HI/c1-4-6-7-8-9-10-11-12-13-14-15-16-17-18-19-20-21-22-23-24-29(32)30-25-27-31(3,5-2)28-26-30;/h4-28H2,1-3H3;1H/q+1;/p-1. The molecule has 0 unspecified atom stereocenters. The monoisotopic (exact) mass is 578 g/mol. The molecule has 0 spiro atoms. The number of halogens is 1. The Balaban J connectivity index is 0.0000102. The van der Waals surface area contributed by atoms with E-state index in [0.717, 1.165) is 43.5 Å². The number of carbonyl (C=O) groups excluding carboxylic acids is 1. The van der Waals surface area contributed by atoms with Crippen LogP contribution < -0.4 is 24.0 Å². The zero-order valence-electron chi connectivity index (χ0n) is 22.9. The van der Waals surface area contributed by atoms with Crippen LogP contribution in [0.5, 0.6) is 0 Å². The summed E-state index contributed by atoms with van der Waals surface area (Å²) in [7, 11) is 2.32. The number of piperazine rings is 1. The van der Waals surface area contributed by atoms with Gasteiger partial charge in [-0.2, -0.15) is 0 Å². The van der Waals surface area contributed by atoms with E-state index in [-0.39, 0.29) is 24.0 Å². The Hall–Kier alpha value is 0.160. The lowest BCUT2D eigenvalue weighted by molar-refractivity contribution is -0.911. The van der Waals surface area contributed by atoms with E-state index < -0.39 is 0 Å². The minimum Gasteiger partial charge on any atom is -1.00 e. The largest absolute Gasteiger partial charge is 1.00 e.